The van der Waals surface area contributed by atoms with Crippen molar-refractivity contribution in [3.8, 4) is 0 Å². The minimum Gasteiger partial charge on any atom is -0.476 e. The molecule has 22 heavy (non-hydrogen) atoms. The molecule has 0 saturated heterocycles. The smallest absolute Gasteiger partial charge is 0.358 e. The molecule has 0 amide bonds. The highest BCUT2D eigenvalue weighted by Gasteiger charge is 2.18. The number of benzene rings is 1. The van der Waals surface area contributed by atoms with Crippen molar-refractivity contribution in [2.45, 2.75) is 0 Å². The van der Waals surface area contributed by atoms with E-state index in [1.165, 1.54) is 16.5 Å². The van der Waals surface area contributed by atoms with E-state index < -0.39 is 11.8 Å². The third kappa shape index (κ3) is 2.53. The molecule has 0 radical (unpaired) electrons. The molecule has 0 unspecified atom stereocenters. The lowest BCUT2D eigenvalue weighted by Gasteiger charge is -1.98. The first-order chi connectivity index (χ1) is 10.6. The summed E-state index contributed by atoms with van der Waals surface area (Å²) >= 11 is 5.96. The molecule has 110 valence electrons. The van der Waals surface area contributed by atoms with Gasteiger partial charge in [0.25, 0.3) is 0 Å². The Kier molecular flexibility index (Phi) is 3.56. The predicted molar refractivity (Wildman–Crippen MR) is 77.7 cm³/mol. The number of carbonyl (C=O) groups is 1. The molecular weight excluding hydrogens is 311 g/mol. The molecule has 0 aliphatic heterocycles. The van der Waals surface area contributed by atoms with E-state index in [2.05, 4.69) is 15.2 Å². The normalized spacial score (nSPS) is 11.4. The van der Waals surface area contributed by atoms with Gasteiger partial charge in [0, 0.05) is 6.20 Å². The van der Waals surface area contributed by atoms with Crippen LogP contribution in [-0.2, 0) is 0 Å². The van der Waals surface area contributed by atoms with Gasteiger partial charge in [0.2, 0.25) is 0 Å². The second-order valence-corrected chi connectivity index (χ2v) is 4.72. The third-order valence-electron chi connectivity index (χ3n) is 2.86. The number of hydrogen-bond acceptors (Lipinski definition) is 4. The second kappa shape index (κ2) is 5.53. The summed E-state index contributed by atoms with van der Waals surface area (Å²) in [5.41, 5.74) is 0.306. The molecule has 0 aliphatic carbocycles. The lowest BCUT2D eigenvalue weighted by molar-refractivity contribution is 0.0692. The van der Waals surface area contributed by atoms with Crippen molar-refractivity contribution >= 4 is 34.7 Å². The summed E-state index contributed by atoms with van der Waals surface area (Å²) in [6.45, 7) is 0. The number of aromatic carboxylic acids is 1. The topological polar surface area (TPSA) is 79.3 Å². The summed E-state index contributed by atoms with van der Waals surface area (Å²) in [6, 6.07) is 9.23. The van der Waals surface area contributed by atoms with Crippen molar-refractivity contribution in [3.05, 3.63) is 59.1 Å². The lowest BCUT2D eigenvalue weighted by Crippen LogP contribution is -1.96. The van der Waals surface area contributed by atoms with Crippen molar-refractivity contribution in [2.75, 3.05) is 0 Å². The van der Waals surface area contributed by atoms with E-state index in [9.17, 15) is 14.3 Å². The van der Waals surface area contributed by atoms with Crippen LogP contribution in [-0.4, -0.2) is 20.5 Å². The van der Waals surface area contributed by atoms with E-state index >= 15 is 0 Å². The zero-order chi connectivity index (χ0) is 15.7. The van der Waals surface area contributed by atoms with Gasteiger partial charge in [-0.3, -0.25) is 4.40 Å². The molecule has 0 saturated carbocycles. The quantitative estimate of drug-likeness (QED) is 0.733. The summed E-state index contributed by atoms with van der Waals surface area (Å²) < 4.78 is 14.6. The number of fused-ring (bicyclic) bond motifs is 1. The highest BCUT2D eigenvalue weighted by atomic mass is 35.5. The van der Waals surface area contributed by atoms with Crippen LogP contribution in [0.15, 0.2) is 52.8 Å². The first-order valence-electron chi connectivity index (χ1n) is 6.13. The fourth-order valence-electron chi connectivity index (χ4n) is 1.88. The largest absolute Gasteiger partial charge is 0.476 e. The number of carboxylic acid groups (broad SMARTS) is 1. The third-order valence-corrected chi connectivity index (χ3v) is 3.18. The molecule has 0 fully saturated rings. The predicted octanol–water partition coefficient (Wildman–Crippen LogP) is 4.24. The minimum absolute atomic E-state index is 0.0816. The Morgan fingerprint density at radius 3 is 2.73 bits per heavy atom. The maximum Gasteiger partial charge on any atom is 0.358 e. The zero-order valence-corrected chi connectivity index (χ0v) is 11.7. The van der Waals surface area contributed by atoms with Gasteiger partial charge in [-0.15, -0.1) is 10.2 Å². The average Bonchev–Trinajstić information content (AvgIpc) is 2.84. The van der Waals surface area contributed by atoms with E-state index in [0.29, 0.717) is 10.7 Å². The minimum atomic E-state index is -1.28. The average molecular weight is 319 g/mol. The number of azo groups is 1. The van der Waals surface area contributed by atoms with Crippen LogP contribution < -0.4 is 0 Å². The first kappa shape index (κ1) is 14.2. The number of carboxylic acids is 1. The van der Waals surface area contributed by atoms with Crippen LogP contribution in [0.4, 0.5) is 15.9 Å². The van der Waals surface area contributed by atoms with Crippen LogP contribution in [0.25, 0.3) is 5.65 Å². The van der Waals surface area contributed by atoms with Gasteiger partial charge in [-0.2, -0.15) is 0 Å². The molecular formula is C14H8ClFN4O2. The number of pyridine rings is 1. The molecule has 8 heteroatoms. The second-order valence-electron chi connectivity index (χ2n) is 4.32. The van der Waals surface area contributed by atoms with Crippen LogP contribution >= 0.6 is 11.6 Å². The summed E-state index contributed by atoms with van der Waals surface area (Å²) in [5.74, 6) is -1.91. The van der Waals surface area contributed by atoms with Gasteiger partial charge in [-0.05, 0) is 24.3 Å². The Labute approximate surface area is 128 Å². The molecule has 2 aromatic heterocycles. The van der Waals surface area contributed by atoms with Gasteiger partial charge in [-0.25, -0.2) is 14.2 Å². The Bertz CT molecular complexity index is 907. The van der Waals surface area contributed by atoms with Crippen LogP contribution in [0.3, 0.4) is 0 Å². The van der Waals surface area contributed by atoms with E-state index in [4.69, 9.17) is 11.6 Å². The maximum atomic E-state index is 13.4. The summed E-state index contributed by atoms with van der Waals surface area (Å²) in [6.07, 6.45) is 1.09. The van der Waals surface area contributed by atoms with Gasteiger partial charge in [0.1, 0.15) is 17.2 Å². The molecule has 0 bridgehead atoms. The molecule has 6 nitrogen and oxygen atoms in total. The molecule has 1 aromatic carbocycles. The fourth-order valence-corrected chi connectivity index (χ4v) is 2.05. The zero-order valence-electron chi connectivity index (χ0n) is 10.9. The van der Waals surface area contributed by atoms with E-state index in [1.807, 2.05) is 0 Å². The van der Waals surface area contributed by atoms with Crippen LogP contribution in [0, 0.1) is 5.82 Å². The number of imidazole rings is 1. The fraction of sp³-hybridized carbons (Fsp3) is 0. The standard InChI is InChI=1S/C14H8ClFN4O2/c15-9-3-1-2-4-10(9)18-19-13-12(14(21)22)17-11-6-5-8(16)7-20(11)13/h1-7H,(H,21,22). The Hall–Kier alpha value is -2.80. The van der Waals surface area contributed by atoms with Crippen molar-refractivity contribution in [3.63, 3.8) is 0 Å². The van der Waals surface area contributed by atoms with Crippen molar-refractivity contribution in [2.24, 2.45) is 10.2 Å². The van der Waals surface area contributed by atoms with Gasteiger partial charge in [0.15, 0.2) is 11.5 Å². The summed E-state index contributed by atoms with van der Waals surface area (Å²) in [7, 11) is 0. The lowest BCUT2D eigenvalue weighted by atomic mass is 10.3. The molecule has 0 spiro atoms. The number of aromatic nitrogens is 2. The monoisotopic (exact) mass is 318 g/mol. The van der Waals surface area contributed by atoms with Crippen molar-refractivity contribution < 1.29 is 14.3 Å². The Morgan fingerprint density at radius 1 is 1.23 bits per heavy atom. The Balaban J connectivity index is 2.16. The maximum absolute atomic E-state index is 13.4. The molecule has 0 aliphatic rings. The summed E-state index contributed by atoms with van der Waals surface area (Å²) in [5, 5.41) is 17.4. The molecule has 1 N–H and O–H groups in total. The van der Waals surface area contributed by atoms with Crippen molar-refractivity contribution in [1.82, 2.24) is 9.38 Å². The number of rotatable bonds is 3. The molecule has 0 atom stereocenters. The Morgan fingerprint density at radius 2 is 2.00 bits per heavy atom. The molecule has 3 aromatic rings. The highest BCUT2D eigenvalue weighted by Crippen LogP contribution is 2.28. The molecule has 2 heterocycles. The molecule has 3 rings (SSSR count). The summed E-state index contributed by atoms with van der Waals surface area (Å²) in [4.78, 5) is 15.2. The van der Waals surface area contributed by atoms with E-state index in [-0.39, 0.29) is 17.2 Å². The van der Waals surface area contributed by atoms with Crippen LogP contribution in [0.5, 0.6) is 0 Å². The van der Waals surface area contributed by atoms with Crippen LogP contribution in [0.1, 0.15) is 10.5 Å². The van der Waals surface area contributed by atoms with Gasteiger partial charge < -0.3 is 5.11 Å². The van der Waals surface area contributed by atoms with E-state index in [0.717, 1.165) is 6.20 Å². The van der Waals surface area contributed by atoms with Gasteiger partial charge in [0.05, 0.1) is 5.02 Å². The van der Waals surface area contributed by atoms with Crippen LogP contribution in [0.2, 0.25) is 5.02 Å². The number of hydrogen-bond donors (Lipinski definition) is 1. The van der Waals surface area contributed by atoms with Crippen molar-refractivity contribution in [1.29, 1.82) is 0 Å². The van der Waals surface area contributed by atoms with Gasteiger partial charge >= 0.3 is 5.97 Å². The van der Waals surface area contributed by atoms with E-state index in [1.54, 1.807) is 24.3 Å². The number of halogens is 2. The highest BCUT2D eigenvalue weighted by molar-refractivity contribution is 6.32. The number of nitrogens with zero attached hydrogens (tertiary/aromatic N) is 4. The van der Waals surface area contributed by atoms with Gasteiger partial charge in [-0.1, -0.05) is 23.7 Å². The first-order valence-corrected chi connectivity index (χ1v) is 6.51. The SMILES string of the molecule is O=C(O)c1nc2ccc(F)cn2c1N=Nc1ccccc1Cl.